The average molecular weight is 360 g/mol. The molecule has 4 aromatic rings. The van der Waals surface area contributed by atoms with Crippen LogP contribution in [0.2, 0.25) is 0 Å². The molecule has 2 aromatic carbocycles. The lowest BCUT2D eigenvalue weighted by atomic mass is 10.1. The zero-order valence-electron chi connectivity index (χ0n) is 14.4. The van der Waals surface area contributed by atoms with Gasteiger partial charge >= 0.3 is 5.97 Å². The zero-order chi connectivity index (χ0) is 18.5. The van der Waals surface area contributed by atoms with Crippen LogP contribution < -0.4 is 0 Å². The van der Waals surface area contributed by atoms with Gasteiger partial charge in [0.05, 0.1) is 12.7 Å². The molecule has 0 bridgehead atoms. The van der Waals surface area contributed by atoms with Crippen LogP contribution in [0, 0.1) is 0 Å². The van der Waals surface area contributed by atoms with E-state index in [-0.39, 0.29) is 12.3 Å². The van der Waals surface area contributed by atoms with Gasteiger partial charge < -0.3 is 9.26 Å². The summed E-state index contributed by atoms with van der Waals surface area (Å²) in [6, 6.07) is 21.2. The van der Waals surface area contributed by atoms with E-state index in [1.165, 1.54) is 0 Å². The molecule has 4 rings (SSSR count). The maximum absolute atomic E-state index is 12.2. The fourth-order valence-electron chi connectivity index (χ4n) is 2.58. The monoisotopic (exact) mass is 360 g/mol. The molecule has 134 valence electrons. The molecule has 0 saturated heterocycles. The third-order valence-corrected chi connectivity index (χ3v) is 3.91. The molecule has 0 N–H and O–H groups in total. The lowest BCUT2D eigenvalue weighted by molar-refractivity contribution is 0.0430. The van der Waals surface area contributed by atoms with Gasteiger partial charge in [0.15, 0.2) is 18.1 Å². The summed E-state index contributed by atoms with van der Waals surface area (Å²) < 4.78 is 12.1. The lowest BCUT2D eigenvalue weighted by Crippen LogP contribution is -2.05. The highest BCUT2D eigenvalue weighted by Crippen LogP contribution is 2.19. The number of aromatic nitrogens is 4. The van der Waals surface area contributed by atoms with Crippen molar-refractivity contribution in [3.63, 3.8) is 0 Å². The summed E-state index contributed by atoms with van der Waals surface area (Å²) in [5.41, 5.74) is 2.84. The number of hydrogen-bond donors (Lipinski definition) is 0. The van der Waals surface area contributed by atoms with Crippen LogP contribution >= 0.6 is 0 Å². The minimum Gasteiger partial charge on any atom is -0.453 e. The Hall–Kier alpha value is -3.74. The lowest BCUT2D eigenvalue weighted by Gasteiger charge is -2.00. The van der Waals surface area contributed by atoms with Gasteiger partial charge in [-0.15, -0.1) is 5.10 Å². The van der Waals surface area contributed by atoms with Crippen molar-refractivity contribution in [1.29, 1.82) is 0 Å². The van der Waals surface area contributed by atoms with E-state index in [2.05, 4.69) is 15.5 Å². The SMILES string of the molecule is O=C(OCc1cc(-c2ccccc2)no1)c1cn(Cc2ccccc2)nn1. The van der Waals surface area contributed by atoms with Gasteiger partial charge in [-0.05, 0) is 5.56 Å². The van der Waals surface area contributed by atoms with Gasteiger partial charge in [0.1, 0.15) is 5.69 Å². The topological polar surface area (TPSA) is 83.0 Å². The molecule has 0 atom stereocenters. The molecule has 0 spiro atoms. The number of carbonyl (C=O) groups is 1. The number of ether oxygens (including phenoxy) is 1. The summed E-state index contributed by atoms with van der Waals surface area (Å²) in [6.07, 6.45) is 1.56. The highest BCUT2D eigenvalue weighted by atomic mass is 16.5. The van der Waals surface area contributed by atoms with Crippen molar-refractivity contribution < 1.29 is 14.1 Å². The Balaban J connectivity index is 1.35. The van der Waals surface area contributed by atoms with Crippen LogP contribution in [0.1, 0.15) is 21.8 Å². The van der Waals surface area contributed by atoms with Crippen molar-refractivity contribution in [1.82, 2.24) is 20.2 Å². The van der Waals surface area contributed by atoms with Crippen molar-refractivity contribution in [2.45, 2.75) is 13.2 Å². The van der Waals surface area contributed by atoms with Gasteiger partial charge in [-0.2, -0.15) is 0 Å². The third kappa shape index (κ3) is 4.09. The second-order valence-corrected chi connectivity index (χ2v) is 5.91. The Labute approximate surface area is 155 Å². The van der Waals surface area contributed by atoms with Crippen LogP contribution in [0.15, 0.2) is 77.4 Å². The van der Waals surface area contributed by atoms with Gasteiger partial charge in [-0.3, -0.25) is 0 Å². The molecule has 7 heteroatoms. The Morgan fingerprint density at radius 1 is 1.04 bits per heavy atom. The van der Waals surface area contributed by atoms with E-state index in [0.717, 1.165) is 11.1 Å². The van der Waals surface area contributed by atoms with Crippen molar-refractivity contribution in [3.8, 4) is 11.3 Å². The molecule has 2 heterocycles. The van der Waals surface area contributed by atoms with E-state index in [0.29, 0.717) is 18.0 Å². The maximum atomic E-state index is 12.2. The predicted octanol–water partition coefficient (Wildman–Crippen LogP) is 3.34. The van der Waals surface area contributed by atoms with Crippen molar-refractivity contribution in [2.75, 3.05) is 0 Å². The molecule has 0 aliphatic heterocycles. The summed E-state index contributed by atoms with van der Waals surface area (Å²) >= 11 is 0. The molecule has 0 fully saturated rings. The molecule has 27 heavy (non-hydrogen) atoms. The first kappa shape index (κ1) is 16.7. The van der Waals surface area contributed by atoms with Gasteiger partial charge in [0.25, 0.3) is 0 Å². The summed E-state index contributed by atoms with van der Waals surface area (Å²) in [4.78, 5) is 12.2. The molecule has 2 aromatic heterocycles. The van der Waals surface area contributed by atoms with Crippen LogP contribution in [0.5, 0.6) is 0 Å². The Kier molecular flexibility index (Phi) is 4.74. The highest BCUT2D eigenvalue weighted by molar-refractivity contribution is 5.86. The molecule has 0 aliphatic rings. The quantitative estimate of drug-likeness (QED) is 0.491. The van der Waals surface area contributed by atoms with Gasteiger partial charge in [0.2, 0.25) is 0 Å². The summed E-state index contributed by atoms with van der Waals surface area (Å²) in [6.45, 7) is 0.508. The normalized spacial score (nSPS) is 10.7. The van der Waals surface area contributed by atoms with E-state index < -0.39 is 5.97 Å². The number of carbonyl (C=O) groups excluding carboxylic acids is 1. The molecule has 0 amide bonds. The first-order valence-corrected chi connectivity index (χ1v) is 8.40. The largest absolute Gasteiger partial charge is 0.453 e. The first-order chi connectivity index (χ1) is 13.3. The summed E-state index contributed by atoms with van der Waals surface area (Å²) in [5.74, 6) is -0.106. The molecule has 0 unspecified atom stereocenters. The van der Waals surface area contributed by atoms with Crippen LogP contribution in [-0.4, -0.2) is 26.1 Å². The van der Waals surface area contributed by atoms with Crippen molar-refractivity contribution in [3.05, 3.63) is 89.9 Å². The molecule has 0 aliphatic carbocycles. The molecule has 0 saturated carbocycles. The van der Waals surface area contributed by atoms with E-state index in [1.54, 1.807) is 16.9 Å². The van der Waals surface area contributed by atoms with E-state index in [9.17, 15) is 4.79 Å². The maximum Gasteiger partial charge on any atom is 0.360 e. The fourth-order valence-corrected chi connectivity index (χ4v) is 2.58. The van der Waals surface area contributed by atoms with Crippen LogP contribution in [-0.2, 0) is 17.9 Å². The van der Waals surface area contributed by atoms with Gasteiger partial charge in [0, 0.05) is 11.6 Å². The number of hydrogen-bond acceptors (Lipinski definition) is 6. The van der Waals surface area contributed by atoms with Crippen LogP contribution in [0.4, 0.5) is 0 Å². The van der Waals surface area contributed by atoms with E-state index in [4.69, 9.17) is 9.26 Å². The average Bonchev–Trinajstić information content (AvgIpc) is 3.37. The number of rotatable bonds is 6. The third-order valence-electron chi connectivity index (χ3n) is 3.91. The molecular formula is C20H16N4O3. The summed E-state index contributed by atoms with van der Waals surface area (Å²) in [7, 11) is 0. The molecule has 0 radical (unpaired) electrons. The van der Waals surface area contributed by atoms with Crippen molar-refractivity contribution >= 4 is 5.97 Å². The molecule has 7 nitrogen and oxygen atoms in total. The minimum atomic E-state index is -0.563. The smallest absolute Gasteiger partial charge is 0.360 e. The number of benzene rings is 2. The first-order valence-electron chi connectivity index (χ1n) is 8.40. The van der Waals surface area contributed by atoms with Gasteiger partial charge in [-0.25, -0.2) is 9.48 Å². The standard InChI is InChI=1S/C20H16N4O3/c25-20(19-13-24(23-21-19)12-15-7-3-1-4-8-15)26-14-17-11-18(22-27-17)16-9-5-2-6-10-16/h1-11,13H,12,14H2. The molecular weight excluding hydrogens is 344 g/mol. The summed E-state index contributed by atoms with van der Waals surface area (Å²) in [5, 5.41) is 11.8. The zero-order valence-corrected chi connectivity index (χ0v) is 14.4. The Morgan fingerprint density at radius 2 is 1.78 bits per heavy atom. The Bertz CT molecular complexity index is 1030. The predicted molar refractivity (Wildman–Crippen MR) is 96.6 cm³/mol. The number of esters is 1. The van der Waals surface area contributed by atoms with Gasteiger partial charge in [-0.1, -0.05) is 71.0 Å². The van der Waals surface area contributed by atoms with Crippen LogP contribution in [0.25, 0.3) is 11.3 Å². The minimum absolute atomic E-state index is 0.0236. The second kappa shape index (κ2) is 7.65. The number of nitrogens with zero attached hydrogens (tertiary/aromatic N) is 4. The Morgan fingerprint density at radius 3 is 2.56 bits per heavy atom. The van der Waals surface area contributed by atoms with Crippen LogP contribution in [0.3, 0.4) is 0 Å². The second-order valence-electron chi connectivity index (χ2n) is 5.91. The van der Waals surface area contributed by atoms with E-state index in [1.807, 2.05) is 60.7 Å². The fraction of sp³-hybridized carbons (Fsp3) is 0.100. The highest BCUT2D eigenvalue weighted by Gasteiger charge is 2.14. The van der Waals surface area contributed by atoms with E-state index >= 15 is 0 Å². The van der Waals surface area contributed by atoms with Crippen molar-refractivity contribution in [2.24, 2.45) is 0 Å².